The first-order chi connectivity index (χ1) is 18.7. The molecule has 9 nitrogen and oxygen atoms in total. The number of pyridine rings is 1. The summed E-state index contributed by atoms with van der Waals surface area (Å²) in [7, 11) is -5.60. The van der Waals surface area contributed by atoms with Crippen LogP contribution in [0.1, 0.15) is 21.6 Å². The van der Waals surface area contributed by atoms with Gasteiger partial charge in [-0.15, -0.1) is 0 Å². The second kappa shape index (κ2) is 11.5. The van der Waals surface area contributed by atoms with E-state index in [2.05, 4.69) is 10.3 Å². The van der Waals surface area contributed by atoms with Crippen molar-refractivity contribution in [2.75, 3.05) is 36.4 Å². The van der Waals surface area contributed by atoms with Gasteiger partial charge in [0.25, 0.3) is 5.91 Å². The normalized spacial score (nSPS) is 15.5. The first kappa shape index (κ1) is 32.2. The molecule has 2 amide bonds. The van der Waals surface area contributed by atoms with Gasteiger partial charge < -0.3 is 15.5 Å². The van der Waals surface area contributed by atoms with Crippen LogP contribution < -0.4 is 15.5 Å². The summed E-state index contributed by atoms with van der Waals surface area (Å²) >= 11 is 5.79. The van der Waals surface area contributed by atoms with Gasteiger partial charge in [-0.1, -0.05) is 11.6 Å². The monoisotopic (exact) mass is 641 g/mol. The Morgan fingerprint density at radius 2 is 1.56 bits per heavy atom. The van der Waals surface area contributed by atoms with Crippen LogP contribution in [-0.4, -0.2) is 67.4 Å². The SMILES string of the molecule is O=C(NCc1ncc(C(F)(F)F)cc1Cl)c1cc(N2CCN(S(=O)(=O)C(F)(F)F)CC2)ccc1NC(=O)C(F)(F)F. The van der Waals surface area contributed by atoms with Gasteiger partial charge in [-0.3, -0.25) is 14.6 Å². The van der Waals surface area contributed by atoms with Crippen molar-refractivity contribution < 1.29 is 57.5 Å². The molecule has 1 aliphatic rings. The maximum Gasteiger partial charge on any atom is 0.511 e. The molecule has 41 heavy (non-hydrogen) atoms. The number of piperazine rings is 1. The number of amides is 2. The molecule has 0 aliphatic carbocycles. The van der Waals surface area contributed by atoms with Crippen molar-refractivity contribution in [3.8, 4) is 0 Å². The lowest BCUT2D eigenvalue weighted by molar-refractivity contribution is -0.167. The molecule has 0 spiro atoms. The number of nitrogens with zero attached hydrogens (tertiary/aromatic N) is 3. The topological polar surface area (TPSA) is 112 Å². The zero-order chi connectivity index (χ0) is 31.0. The van der Waals surface area contributed by atoms with Gasteiger partial charge in [0.05, 0.1) is 34.1 Å². The molecule has 3 rings (SSSR count). The van der Waals surface area contributed by atoms with Crippen LogP contribution in [0.25, 0.3) is 0 Å². The Bertz CT molecular complexity index is 1420. The maximum atomic E-state index is 12.9. The zero-order valence-corrected chi connectivity index (χ0v) is 21.7. The molecule has 20 heteroatoms. The van der Waals surface area contributed by atoms with Crippen LogP contribution in [0.15, 0.2) is 30.5 Å². The molecule has 0 unspecified atom stereocenters. The number of benzene rings is 1. The maximum absolute atomic E-state index is 12.9. The summed E-state index contributed by atoms with van der Waals surface area (Å²) < 4.78 is 139. The molecule has 0 bridgehead atoms. The second-order valence-electron chi connectivity index (χ2n) is 8.35. The first-order valence-electron chi connectivity index (χ1n) is 11.0. The molecule has 1 aromatic heterocycles. The molecule has 1 aromatic carbocycles. The molecule has 1 fully saturated rings. The van der Waals surface area contributed by atoms with Gasteiger partial charge in [-0.2, -0.15) is 43.8 Å². The summed E-state index contributed by atoms with van der Waals surface area (Å²) in [6, 6.07) is 3.60. The number of sulfonamides is 1. The van der Waals surface area contributed by atoms with Crippen LogP contribution in [0.5, 0.6) is 0 Å². The lowest BCUT2D eigenvalue weighted by atomic mass is 10.1. The van der Waals surface area contributed by atoms with Gasteiger partial charge in [0.1, 0.15) is 0 Å². The van der Waals surface area contributed by atoms with Gasteiger partial charge >= 0.3 is 33.8 Å². The molecule has 0 atom stereocenters. The van der Waals surface area contributed by atoms with Gasteiger partial charge in [-0.05, 0) is 24.3 Å². The fourth-order valence-electron chi connectivity index (χ4n) is 3.56. The Kier molecular flexibility index (Phi) is 9.04. The fraction of sp³-hybridized carbons (Fsp3) is 0.381. The Labute approximate surface area is 230 Å². The van der Waals surface area contributed by atoms with Crippen molar-refractivity contribution in [2.45, 2.75) is 24.4 Å². The van der Waals surface area contributed by atoms with Gasteiger partial charge in [-0.25, -0.2) is 8.42 Å². The number of nitrogens with one attached hydrogen (secondary N) is 2. The number of carbonyl (C=O) groups excluding carboxylic acids is 2. The number of hydrogen-bond donors (Lipinski definition) is 2. The summed E-state index contributed by atoms with van der Waals surface area (Å²) in [5, 5.41) is 3.25. The average molecular weight is 642 g/mol. The predicted molar refractivity (Wildman–Crippen MR) is 125 cm³/mol. The van der Waals surface area contributed by atoms with E-state index in [4.69, 9.17) is 11.6 Å². The molecule has 2 N–H and O–H groups in total. The number of hydrogen-bond acceptors (Lipinski definition) is 6. The Morgan fingerprint density at radius 1 is 0.951 bits per heavy atom. The molecule has 2 heterocycles. The minimum Gasteiger partial charge on any atom is -0.369 e. The van der Waals surface area contributed by atoms with E-state index in [9.17, 15) is 57.5 Å². The molecule has 2 aromatic rings. The van der Waals surface area contributed by atoms with E-state index in [-0.39, 0.29) is 28.8 Å². The molecule has 1 aliphatic heterocycles. The van der Waals surface area contributed by atoms with Gasteiger partial charge in [0.15, 0.2) is 0 Å². The van der Waals surface area contributed by atoms with Crippen LogP contribution in [0, 0.1) is 0 Å². The van der Waals surface area contributed by atoms with Gasteiger partial charge in [0.2, 0.25) is 0 Å². The minimum atomic E-state index is -5.60. The fourth-order valence-corrected chi connectivity index (χ4v) is 4.73. The number of carbonyl (C=O) groups is 2. The summed E-state index contributed by atoms with van der Waals surface area (Å²) in [5.41, 5.74) is -8.04. The molecular weight excluding hydrogens is 625 g/mol. The highest BCUT2D eigenvalue weighted by molar-refractivity contribution is 7.90. The largest absolute Gasteiger partial charge is 0.511 e. The van der Waals surface area contributed by atoms with Crippen LogP contribution in [0.3, 0.4) is 0 Å². The molecule has 0 radical (unpaired) electrons. The van der Waals surface area contributed by atoms with Crippen LogP contribution in [0.4, 0.5) is 50.9 Å². The molecule has 0 saturated carbocycles. The third-order valence-corrected chi connectivity index (χ3v) is 7.61. The van der Waals surface area contributed by atoms with E-state index in [1.165, 1.54) is 10.2 Å². The minimum absolute atomic E-state index is 0.0786. The highest BCUT2D eigenvalue weighted by Crippen LogP contribution is 2.32. The van der Waals surface area contributed by atoms with E-state index in [1.54, 1.807) is 0 Å². The number of alkyl halides is 9. The van der Waals surface area contributed by atoms with E-state index < -0.39 is 81.2 Å². The lowest BCUT2D eigenvalue weighted by Gasteiger charge is -2.35. The van der Waals surface area contributed by atoms with E-state index in [1.807, 2.05) is 0 Å². The molecule has 226 valence electrons. The number of anilines is 2. The summed E-state index contributed by atoms with van der Waals surface area (Å²) in [4.78, 5) is 29.3. The van der Waals surface area contributed by atoms with Crippen molar-refractivity contribution in [1.29, 1.82) is 0 Å². The quantitative estimate of drug-likeness (QED) is 0.459. The number of rotatable bonds is 6. The Morgan fingerprint density at radius 3 is 2.07 bits per heavy atom. The van der Waals surface area contributed by atoms with E-state index in [0.717, 1.165) is 18.2 Å². The highest BCUT2D eigenvalue weighted by atomic mass is 35.5. The van der Waals surface area contributed by atoms with E-state index in [0.29, 0.717) is 12.3 Å². The third-order valence-electron chi connectivity index (χ3n) is 5.65. The van der Waals surface area contributed by atoms with Gasteiger partial charge in [0, 0.05) is 38.1 Å². The average Bonchev–Trinajstić information content (AvgIpc) is 2.86. The summed E-state index contributed by atoms with van der Waals surface area (Å²) in [6.45, 7) is -2.38. The molecule has 1 saturated heterocycles. The Balaban J connectivity index is 1.85. The van der Waals surface area contributed by atoms with Crippen molar-refractivity contribution in [3.63, 3.8) is 0 Å². The van der Waals surface area contributed by atoms with E-state index >= 15 is 0 Å². The number of aromatic nitrogens is 1. The van der Waals surface area contributed by atoms with Crippen LogP contribution >= 0.6 is 11.6 Å². The van der Waals surface area contributed by atoms with Crippen molar-refractivity contribution in [2.24, 2.45) is 0 Å². The third kappa shape index (κ3) is 7.50. The standard InChI is InChI=1S/C21H17ClF9N5O4S/c22-14-7-11(19(23,24)25)9-32-16(14)10-33-17(37)13-8-12(1-2-15(13)34-18(38)20(26,27)28)35-3-5-36(6-4-35)41(39,40)21(29,30)31/h1-2,7-9H,3-6,10H2,(H,33,37)(H,34,38). The van der Waals surface area contributed by atoms with Crippen LogP contribution in [0.2, 0.25) is 5.02 Å². The second-order valence-corrected chi connectivity index (χ2v) is 10.7. The van der Waals surface area contributed by atoms with Crippen molar-refractivity contribution in [1.82, 2.24) is 14.6 Å². The highest BCUT2D eigenvalue weighted by Gasteiger charge is 2.50. The molecular formula is C21H17ClF9N5O4S. The zero-order valence-electron chi connectivity index (χ0n) is 20.1. The van der Waals surface area contributed by atoms with Crippen molar-refractivity contribution >= 4 is 44.8 Å². The predicted octanol–water partition coefficient (Wildman–Crippen LogP) is 4.16. The van der Waals surface area contributed by atoms with Crippen LogP contribution in [-0.2, 0) is 27.5 Å². The Hall–Kier alpha value is -3.32. The smallest absolute Gasteiger partial charge is 0.369 e. The summed E-state index contributed by atoms with van der Waals surface area (Å²) in [6.07, 6.45) is -9.65. The summed E-state index contributed by atoms with van der Waals surface area (Å²) in [5.74, 6) is -3.56. The first-order valence-corrected chi connectivity index (χ1v) is 12.9. The lowest BCUT2D eigenvalue weighted by Crippen LogP contribution is -2.52. The number of halogens is 10. The van der Waals surface area contributed by atoms with Crippen molar-refractivity contribution in [3.05, 3.63) is 52.3 Å².